The van der Waals surface area contributed by atoms with Crippen LogP contribution in [-0.2, 0) is 32.6 Å². The van der Waals surface area contributed by atoms with Gasteiger partial charge in [-0.15, -0.1) is 5.10 Å². The molecule has 1 aromatic heterocycles. The highest BCUT2D eigenvalue weighted by Gasteiger charge is 2.42. The molecule has 1 aliphatic rings. The number of nitrogens with one attached hydrogen (secondary N) is 1. The molecule has 4 rings (SSSR count). The van der Waals surface area contributed by atoms with Crippen molar-refractivity contribution in [3.05, 3.63) is 58.8 Å². The van der Waals surface area contributed by atoms with E-state index in [2.05, 4.69) is 15.0 Å². The summed E-state index contributed by atoms with van der Waals surface area (Å²) in [6.45, 7) is 1.56. The topological polar surface area (TPSA) is 163 Å². The maximum absolute atomic E-state index is 12.9. The van der Waals surface area contributed by atoms with Crippen LogP contribution in [0, 0.1) is 17.2 Å². The van der Waals surface area contributed by atoms with Crippen LogP contribution in [0.3, 0.4) is 0 Å². The zero-order valence-electron chi connectivity index (χ0n) is 22.1. The van der Waals surface area contributed by atoms with Crippen LogP contribution in [0.15, 0.2) is 47.5 Å². The number of hydrogen-bond donors (Lipinski definition) is 3. The molecule has 0 amide bonds. The van der Waals surface area contributed by atoms with E-state index >= 15 is 0 Å². The van der Waals surface area contributed by atoms with Crippen LogP contribution in [0.25, 0.3) is 16.8 Å². The van der Waals surface area contributed by atoms with Gasteiger partial charge in [-0.05, 0) is 40.6 Å². The number of sulfonamides is 1. The van der Waals surface area contributed by atoms with Crippen LogP contribution < -0.4 is 9.62 Å². The Morgan fingerprint density at radius 1 is 1.23 bits per heavy atom. The number of nitriles is 1. The fourth-order valence-corrected chi connectivity index (χ4v) is 5.28. The van der Waals surface area contributed by atoms with Crippen LogP contribution in [0.4, 0.5) is 5.69 Å². The van der Waals surface area contributed by atoms with Crippen molar-refractivity contribution in [3.63, 3.8) is 0 Å². The van der Waals surface area contributed by atoms with Gasteiger partial charge in [0.1, 0.15) is 18.3 Å². The van der Waals surface area contributed by atoms with Crippen molar-refractivity contribution in [3.8, 4) is 6.07 Å². The average molecular weight is 557 g/mol. The molecular formula is C26H32N6O6S. The lowest BCUT2D eigenvalue weighted by molar-refractivity contribution is -0.272. The van der Waals surface area contributed by atoms with E-state index in [0.29, 0.717) is 11.3 Å². The summed E-state index contributed by atoms with van der Waals surface area (Å²) in [4.78, 5) is 1.55. The van der Waals surface area contributed by atoms with Crippen LogP contribution >= 0.6 is 0 Å². The van der Waals surface area contributed by atoms with E-state index in [0.717, 1.165) is 16.5 Å². The molecule has 2 aromatic carbocycles. The standard InChI is InChI=1S/C26H32N6O6S/c1-16-24(33)25(34)23(38-26(16)37-4)15-32-14-20(29-30-32)13-28-39(35,36)22(12-27)10-17-5-6-19-11-21(31(2)3)8-7-18(19)9-17/h5-11,14,16,23-26,28,33-34H,13,15H2,1-4H3/b22-10+/t16-,23-,24-,25-,26+/m1/s1. The Bertz CT molecular complexity index is 1500. The van der Waals surface area contributed by atoms with Crippen LogP contribution in [-0.4, -0.2) is 79.4 Å². The van der Waals surface area contributed by atoms with Crippen molar-refractivity contribution >= 4 is 32.6 Å². The summed E-state index contributed by atoms with van der Waals surface area (Å²) in [6.07, 6.45) is -0.900. The van der Waals surface area contributed by atoms with E-state index in [4.69, 9.17) is 9.47 Å². The molecule has 0 saturated carbocycles. The summed E-state index contributed by atoms with van der Waals surface area (Å²) in [5.74, 6) is -0.421. The quantitative estimate of drug-likeness (QED) is 0.327. The monoisotopic (exact) mass is 556 g/mol. The molecule has 1 fully saturated rings. The maximum atomic E-state index is 12.9. The van der Waals surface area contributed by atoms with Gasteiger partial charge in [0.2, 0.25) is 0 Å². The highest BCUT2D eigenvalue weighted by atomic mass is 32.2. The lowest BCUT2D eigenvalue weighted by atomic mass is 9.92. The van der Waals surface area contributed by atoms with E-state index in [1.165, 1.54) is 24.1 Å². The van der Waals surface area contributed by atoms with Crippen LogP contribution in [0.1, 0.15) is 18.2 Å². The number of benzene rings is 2. The van der Waals surface area contributed by atoms with Gasteiger partial charge in [0.15, 0.2) is 11.2 Å². The molecule has 0 bridgehead atoms. The number of nitrogens with zero attached hydrogens (tertiary/aromatic N) is 5. The minimum Gasteiger partial charge on any atom is -0.390 e. The third-order valence-corrected chi connectivity index (χ3v) is 8.01. The third-order valence-electron chi connectivity index (χ3n) is 6.70. The molecule has 2 heterocycles. The number of ether oxygens (including phenoxy) is 2. The Morgan fingerprint density at radius 3 is 2.64 bits per heavy atom. The molecule has 13 heteroatoms. The molecule has 0 spiro atoms. The number of hydrogen-bond acceptors (Lipinski definition) is 10. The van der Waals surface area contributed by atoms with Gasteiger partial charge in [-0.25, -0.2) is 17.8 Å². The van der Waals surface area contributed by atoms with Crippen molar-refractivity contribution in [1.82, 2.24) is 19.7 Å². The van der Waals surface area contributed by atoms with Crippen molar-refractivity contribution in [2.45, 2.75) is 44.6 Å². The van der Waals surface area contributed by atoms with Crippen molar-refractivity contribution in [2.24, 2.45) is 5.92 Å². The molecule has 12 nitrogen and oxygen atoms in total. The van der Waals surface area contributed by atoms with Crippen molar-refractivity contribution in [2.75, 3.05) is 26.1 Å². The molecule has 0 radical (unpaired) electrons. The van der Waals surface area contributed by atoms with Gasteiger partial charge in [-0.2, -0.15) is 5.26 Å². The normalized spacial score (nSPS) is 24.0. The number of aliphatic hydroxyl groups is 2. The summed E-state index contributed by atoms with van der Waals surface area (Å²) in [7, 11) is 1.22. The van der Waals surface area contributed by atoms with Gasteiger partial charge < -0.3 is 24.6 Å². The van der Waals surface area contributed by atoms with Gasteiger partial charge in [-0.3, -0.25) is 0 Å². The second-order valence-corrected chi connectivity index (χ2v) is 11.4. The molecular weight excluding hydrogens is 524 g/mol. The minimum absolute atomic E-state index is 0.0614. The zero-order valence-corrected chi connectivity index (χ0v) is 22.9. The Hall–Kier alpha value is -3.38. The summed E-state index contributed by atoms with van der Waals surface area (Å²) in [6, 6.07) is 13.2. The fraction of sp³-hybridized carbons (Fsp3) is 0.423. The second-order valence-electron chi connectivity index (χ2n) is 9.68. The van der Waals surface area contributed by atoms with E-state index in [1.54, 1.807) is 19.1 Å². The smallest absolute Gasteiger partial charge is 0.251 e. The number of methoxy groups -OCH3 is 1. The van der Waals surface area contributed by atoms with Crippen LogP contribution in [0.5, 0.6) is 0 Å². The van der Waals surface area contributed by atoms with Gasteiger partial charge in [0, 0.05) is 39.0 Å². The highest BCUT2D eigenvalue weighted by molar-refractivity contribution is 7.93. The predicted molar refractivity (Wildman–Crippen MR) is 144 cm³/mol. The van der Waals surface area contributed by atoms with E-state index in [1.807, 2.05) is 49.3 Å². The number of rotatable bonds is 9. The maximum Gasteiger partial charge on any atom is 0.251 e. The lowest BCUT2D eigenvalue weighted by Gasteiger charge is -2.40. The summed E-state index contributed by atoms with van der Waals surface area (Å²) in [5.41, 5.74) is 1.91. The first-order valence-electron chi connectivity index (χ1n) is 12.3. The van der Waals surface area contributed by atoms with E-state index < -0.39 is 45.4 Å². The number of allylic oxidation sites excluding steroid dienone is 1. The largest absolute Gasteiger partial charge is 0.390 e. The Labute approximate surface area is 227 Å². The first-order chi connectivity index (χ1) is 18.5. The highest BCUT2D eigenvalue weighted by Crippen LogP contribution is 2.27. The number of aromatic nitrogens is 3. The van der Waals surface area contributed by atoms with E-state index in [9.17, 15) is 23.9 Å². The third kappa shape index (κ3) is 6.44. The molecule has 5 atom stereocenters. The predicted octanol–water partition coefficient (Wildman–Crippen LogP) is 1.21. The van der Waals surface area contributed by atoms with E-state index in [-0.39, 0.29) is 13.1 Å². The SMILES string of the molecule is CO[C@H]1O[C@H](Cn2cc(CNS(=O)(=O)/C(C#N)=C/c3ccc4cc(N(C)C)ccc4c3)nn2)[C@@H](O)[C@H](O)[C@H]1C. The summed E-state index contributed by atoms with van der Waals surface area (Å²) in [5, 5.41) is 40.1. The van der Waals surface area contributed by atoms with Crippen molar-refractivity contribution < 1.29 is 28.1 Å². The second kappa shape index (κ2) is 11.8. The molecule has 1 aliphatic heterocycles. The molecule has 3 N–H and O–H groups in total. The van der Waals surface area contributed by atoms with Gasteiger partial charge in [0.25, 0.3) is 10.0 Å². The molecule has 0 unspecified atom stereocenters. The average Bonchev–Trinajstić information content (AvgIpc) is 3.37. The number of anilines is 1. The van der Waals surface area contributed by atoms with Crippen molar-refractivity contribution in [1.29, 1.82) is 5.26 Å². The first-order valence-corrected chi connectivity index (χ1v) is 13.8. The molecule has 39 heavy (non-hydrogen) atoms. The fourth-order valence-electron chi connectivity index (χ4n) is 4.37. The Balaban J connectivity index is 1.43. The molecule has 0 aliphatic carbocycles. The van der Waals surface area contributed by atoms with Gasteiger partial charge in [-0.1, -0.05) is 30.3 Å². The Morgan fingerprint density at radius 2 is 1.95 bits per heavy atom. The minimum atomic E-state index is -4.14. The number of fused-ring (bicyclic) bond motifs is 1. The number of aliphatic hydroxyl groups excluding tert-OH is 2. The van der Waals surface area contributed by atoms with Gasteiger partial charge in [0.05, 0.1) is 24.9 Å². The molecule has 3 aromatic rings. The van der Waals surface area contributed by atoms with Gasteiger partial charge >= 0.3 is 0 Å². The molecule has 1 saturated heterocycles. The van der Waals surface area contributed by atoms with Crippen LogP contribution in [0.2, 0.25) is 0 Å². The summed E-state index contributed by atoms with van der Waals surface area (Å²) < 4.78 is 40.5. The first kappa shape index (κ1) is 28.6. The summed E-state index contributed by atoms with van der Waals surface area (Å²) >= 11 is 0. The lowest BCUT2D eigenvalue weighted by Crippen LogP contribution is -2.55. The Kier molecular flexibility index (Phi) is 8.65. The zero-order chi connectivity index (χ0) is 28.3. The molecule has 208 valence electrons.